The minimum atomic E-state index is -2.94. The second-order valence-electron chi connectivity index (χ2n) is 4.42. The maximum absolute atomic E-state index is 11.9. The van der Waals surface area contributed by atoms with E-state index in [0.717, 1.165) is 4.31 Å². The molecule has 1 rings (SSSR count). The molecular formula is C13H20N4O4S. The van der Waals surface area contributed by atoms with Crippen LogP contribution in [0.1, 0.15) is 0 Å². The van der Waals surface area contributed by atoms with E-state index in [4.69, 9.17) is 0 Å². The van der Waals surface area contributed by atoms with Gasteiger partial charge < -0.3 is 10.2 Å². The van der Waals surface area contributed by atoms with Crippen molar-refractivity contribution in [2.24, 2.45) is 0 Å². The van der Waals surface area contributed by atoms with E-state index in [0.29, 0.717) is 5.57 Å². The number of rotatable bonds is 8. The summed E-state index contributed by atoms with van der Waals surface area (Å²) in [5.41, 5.74) is 0.591. The van der Waals surface area contributed by atoms with Gasteiger partial charge in [-0.2, -0.15) is 0 Å². The van der Waals surface area contributed by atoms with Crippen molar-refractivity contribution in [1.82, 2.24) is 19.8 Å². The average molecular weight is 328 g/mol. The molecule has 0 aliphatic carbocycles. The summed E-state index contributed by atoms with van der Waals surface area (Å²) in [4.78, 5) is 25.1. The Bertz CT molecular complexity index is 562. The van der Waals surface area contributed by atoms with Crippen LogP contribution in [-0.4, -0.2) is 62.4 Å². The number of hydrogen-bond acceptors (Lipinski definition) is 5. The van der Waals surface area contributed by atoms with Crippen LogP contribution in [0, 0.1) is 0 Å². The van der Waals surface area contributed by atoms with Gasteiger partial charge in [0, 0.05) is 13.6 Å². The molecule has 3 amide bonds. The zero-order valence-corrected chi connectivity index (χ0v) is 13.2. The first-order valence-electron chi connectivity index (χ1n) is 6.57. The predicted molar refractivity (Wildman–Crippen MR) is 83.5 cm³/mol. The number of urea groups is 1. The molecule has 122 valence electrons. The summed E-state index contributed by atoms with van der Waals surface area (Å²) in [5, 5.41) is 5.44. The fourth-order valence-corrected chi connectivity index (χ4v) is 2.51. The number of amides is 3. The van der Waals surface area contributed by atoms with Gasteiger partial charge in [-0.25, -0.2) is 17.5 Å². The molecule has 1 fully saturated rings. The maximum atomic E-state index is 11.9. The molecule has 0 aromatic heterocycles. The van der Waals surface area contributed by atoms with Gasteiger partial charge in [0.2, 0.25) is 16.8 Å². The van der Waals surface area contributed by atoms with E-state index in [1.54, 1.807) is 6.08 Å². The SMILES string of the molecule is C=C/C=C(\C=C)C(NCN1CCN([SH](=O)=O)C1=O)C(=O)NC. The van der Waals surface area contributed by atoms with Crippen LogP contribution in [0.4, 0.5) is 4.79 Å². The molecule has 0 spiro atoms. The van der Waals surface area contributed by atoms with E-state index >= 15 is 0 Å². The molecule has 2 N–H and O–H groups in total. The lowest BCUT2D eigenvalue weighted by atomic mass is 10.1. The second-order valence-corrected chi connectivity index (χ2v) is 5.38. The van der Waals surface area contributed by atoms with Gasteiger partial charge in [-0.15, -0.1) is 0 Å². The highest BCUT2D eigenvalue weighted by Crippen LogP contribution is 2.09. The zero-order valence-electron chi connectivity index (χ0n) is 12.3. The molecule has 1 aliphatic rings. The van der Waals surface area contributed by atoms with Crippen LogP contribution in [-0.2, 0) is 15.7 Å². The normalized spacial score (nSPS) is 16.8. The van der Waals surface area contributed by atoms with Crippen LogP contribution in [0.5, 0.6) is 0 Å². The van der Waals surface area contributed by atoms with Crippen molar-refractivity contribution >= 4 is 22.8 Å². The van der Waals surface area contributed by atoms with Crippen molar-refractivity contribution in [2.75, 3.05) is 26.8 Å². The third kappa shape index (κ3) is 4.18. The lowest BCUT2D eigenvalue weighted by molar-refractivity contribution is -0.121. The molecule has 0 radical (unpaired) electrons. The quantitative estimate of drug-likeness (QED) is 0.401. The number of carbonyl (C=O) groups excluding carboxylic acids is 2. The number of hydrogen-bond donors (Lipinski definition) is 3. The summed E-state index contributed by atoms with van der Waals surface area (Å²) in [6, 6.07) is -1.32. The molecule has 1 aliphatic heterocycles. The summed E-state index contributed by atoms with van der Waals surface area (Å²) >= 11 is 0. The van der Waals surface area contributed by atoms with Crippen molar-refractivity contribution in [1.29, 1.82) is 0 Å². The first kappa shape index (κ1) is 17.9. The molecule has 1 heterocycles. The van der Waals surface area contributed by atoms with E-state index in [9.17, 15) is 18.0 Å². The first-order valence-corrected chi connectivity index (χ1v) is 7.70. The summed E-state index contributed by atoms with van der Waals surface area (Å²) in [6.07, 6.45) is 4.67. The summed E-state index contributed by atoms with van der Waals surface area (Å²) in [7, 11) is -1.44. The molecule has 1 atom stereocenters. The highest BCUT2D eigenvalue weighted by Gasteiger charge is 2.31. The lowest BCUT2D eigenvalue weighted by Gasteiger charge is -2.22. The summed E-state index contributed by atoms with van der Waals surface area (Å²) < 4.78 is 22.5. The fourth-order valence-electron chi connectivity index (χ4n) is 1.99. The molecule has 1 unspecified atom stereocenters. The molecule has 0 saturated carbocycles. The van der Waals surface area contributed by atoms with Crippen molar-refractivity contribution in [3.8, 4) is 0 Å². The molecule has 0 bridgehead atoms. The Morgan fingerprint density at radius 3 is 2.55 bits per heavy atom. The Kier molecular flexibility index (Phi) is 6.80. The van der Waals surface area contributed by atoms with Crippen LogP contribution in [0.2, 0.25) is 0 Å². The van der Waals surface area contributed by atoms with Crippen molar-refractivity contribution in [2.45, 2.75) is 6.04 Å². The van der Waals surface area contributed by atoms with Crippen LogP contribution in [0.15, 0.2) is 37.0 Å². The smallest absolute Gasteiger partial charge is 0.334 e. The molecule has 22 heavy (non-hydrogen) atoms. The zero-order chi connectivity index (χ0) is 16.7. The van der Waals surface area contributed by atoms with Gasteiger partial charge in [0.15, 0.2) is 0 Å². The van der Waals surface area contributed by atoms with E-state index in [1.807, 2.05) is 0 Å². The van der Waals surface area contributed by atoms with Crippen LogP contribution in [0.3, 0.4) is 0 Å². The molecule has 0 aromatic carbocycles. The minimum absolute atomic E-state index is 0.0406. The summed E-state index contributed by atoms with van der Waals surface area (Å²) in [5.74, 6) is -0.300. The highest BCUT2D eigenvalue weighted by atomic mass is 32.2. The topological polar surface area (TPSA) is 98.8 Å². The van der Waals surface area contributed by atoms with Gasteiger partial charge in [0.1, 0.15) is 6.04 Å². The summed E-state index contributed by atoms with van der Waals surface area (Å²) in [6.45, 7) is 7.64. The van der Waals surface area contributed by atoms with E-state index < -0.39 is 23.0 Å². The number of nitrogens with one attached hydrogen (secondary N) is 2. The highest BCUT2D eigenvalue weighted by molar-refractivity contribution is 7.70. The Morgan fingerprint density at radius 1 is 1.41 bits per heavy atom. The van der Waals surface area contributed by atoms with Crippen molar-refractivity contribution in [3.63, 3.8) is 0 Å². The van der Waals surface area contributed by atoms with Gasteiger partial charge >= 0.3 is 6.03 Å². The van der Waals surface area contributed by atoms with Gasteiger partial charge in [-0.05, 0) is 5.57 Å². The maximum Gasteiger partial charge on any atom is 0.334 e. The Hall–Kier alpha value is -2.13. The lowest BCUT2D eigenvalue weighted by Crippen LogP contribution is -2.49. The van der Waals surface area contributed by atoms with Crippen LogP contribution >= 0.6 is 0 Å². The standard InChI is InChI=1S/C13H20N4O4S/c1-4-6-10(5-2)11(12(18)14-3)15-9-16-7-8-17(13(16)19)22(20)21/h4-6,11,15,22H,1-2,7-9H2,3H3,(H,14,18)/b10-6+. The van der Waals surface area contributed by atoms with E-state index in [1.165, 1.54) is 24.1 Å². The number of likely N-dealkylation sites (N-methyl/N-ethyl adjacent to an activating group) is 1. The van der Waals surface area contributed by atoms with E-state index in [-0.39, 0.29) is 25.7 Å². The number of allylic oxidation sites excluding steroid dienone is 2. The molecule has 9 heteroatoms. The fraction of sp³-hybridized carbons (Fsp3) is 0.385. The van der Waals surface area contributed by atoms with Gasteiger partial charge in [0.05, 0.1) is 13.2 Å². The number of thiol groups is 1. The number of carbonyl (C=O) groups is 2. The minimum Gasteiger partial charge on any atom is -0.358 e. The third-order valence-electron chi connectivity index (χ3n) is 3.14. The third-order valence-corrected chi connectivity index (χ3v) is 3.91. The Labute approximate surface area is 131 Å². The molecule has 8 nitrogen and oxygen atoms in total. The van der Waals surface area contributed by atoms with Crippen molar-refractivity contribution < 1.29 is 18.0 Å². The van der Waals surface area contributed by atoms with Gasteiger partial charge in [0.25, 0.3) is 0 Å². The predicted octanol–water partition coefficient (Wildman–Crippen LogP) is -0.789. The van der Waals surface area contributed by atoms with Gasteiger partial charge in [-0.3, -0.25) is 10.1 Å². The molecule has 1 saturated heterocycles. The number of nitrogens with zero attached hydrogens (tertiary/aromatic N) is 2. The second kappa shape index (κ2) is 8.35. The Balaban J connectivity index is 2.78. The first-order chi connectivity index (χ1) is 10.5. The van der Waals surface area contributed by atoms with Crippen LogP contribution < -0.4 is 10.6 Å². The Morgan fingerprint density at radius 2 is 2.09 bits per heavy atom. The largest absolute Gasteiger partial charge is 0.358 e. The average Bonchev–Trinajstić information content (AvgIpc) is 2.87. The molecular weight excluding hydrogens is 308 g/mol. The van der Waals surface area contributed by atoms with Crippen LogP contribution in [0.25, 0.3) is 0 Å². The molecule has 0 aromatic rings. The van der Waals surface area contributed by atoms with Crippen molar-refractivity contribution in [3.05, 3.63) is 37.0 Å². The van der Waals surface area contributed by atoms with E-state index in [2.05, 4.69) is 23.8 Å². The monoisotopic (exact) mass is 328 g/mol. The van der Waals surface area contributed by atoms with Gasteiger partial charge in [-0.1, -0.05) is 31.4 Å².